The average Bonchev–Trinajstić information content (AvgIpc) is 2.91. The highest BCUT2D eigenvalue weighted by Crippen LogP contribution is 2.57. The van der Waals surface area contributed by atoms with Gasteiger partial charge in [-0.3, -0.25) is 0 Å². The van der Waals surface area contributed by atoms with E-state index in [9.17, 15) is 10.2 Å². The predicted molar refractivity (Wildman–Crippen MR) is 158 cm³/mol. The van der Waals surface area contributed by atoms with Gasteiger partial charge in [-0.05, 0) is 41.4 Å². The van der Waals surface area contributed by atoms with E-state index < -0.39 is 49.7 Å². The highest BCUT2D eigenvalue weighted by molar-refractivity contribution is 7.99. The van der Waals surface area contributed by atoms with Crippen molar-refractivity contribution in [2.75, 3.05) is 0 Å². The number of hydrogen-bond donors (Lipinski definition) is 2. The van der Waals surface area contributed by atoms with Crippen LogP contribution >= 0.6 is 11.8 Å². The summed E-state index contributed by atoms with van der Waals surface area (Å²) < 4.78 is 20.4. The molecule has 7 heteroatoms. The maximum Gasteiger partial charge on any atom is 0.192 e. The van der Waals surface area contributed by atoms with E-state index in [1.165, 1.54) is 0 Å². The number of aliphatic hydroxyl groups excluding tert-OH is 1. The number of thioether (sulfide) groups is 1. The molecule has 0 amide bonds. The van der Waals surface area contributed by atoms with Crippen LogP contribution in [0.2, 0.25) is 18.1 Å². The summed E-state index contributed by atoms with van der Waals surface area (Å²) >= 11 is 1.56. The SMILES string of the molecule is CC(C)(C)[Si](C)(C)O[C@@H]1[C@@H](Sc2ccccc2)O[C@@H]2C(O)C(c3ccccc3)[C@]2(O)[C@@H]1OCc1ccccc1. The monoisotopic (exact) mass is 564 g/mol. The van der Waals surface area contributed by atoms with Crippen LogP contribution in [0.5, 0.6) is 0 Å². The standard InChI is InChI=1S/C32H40O5SSi/c1-31(2,3)39(4,5)37-27-29(35-21-22-15-9-6-10-16-22)32(34)25(23-17-11-7-12-18-23)26(33)28(32)36-30(27)38-24-19-13-8-14-20-24/h6-20,25-30,33-34H,21H2,1-5H3/t25?,26?,27-,28+,29+,30+,32+/m0/s1. The first-order valence-electron chi connectivity index (χ1n) is 13.7. The van der Waals surface area contributed by atoms with Crippen LogP contribution < -0.4 is 0 Å². The summed E-state index contributed by atoms with van der Waals surface area (Å²) in [6.45, 7) is 11.4. The van der Waals surface area contributed by atoms with E-state index in [4.69, 9.17) is 13.9 Å². The quantitative estimate of drug-likeness (QED) is 0.310. The fraction of sp³-hybridized carbons (Fsp3) is 0.438. The van der Waals surface area contributed by atoms with E-state index >= 15 is 0 Å². The third kappa shape index (κ3) is 5.51. The molecule has 0 radical (unpaired) electrons. The van der Waals surface area contributed by atoms with Gasteiger partial charge in [-0.1, -0.05) is 111 Å². The zero-order valence-corrected chi connectivity index (χ0v) is 25.2. The molecule has 2 aliphatic rings. The lowest BCUT2D eigenvalue weighted by Crippen LogP contribution is -2.81. The number of hydrogen-bond acceptors (Lipinski definition) is 6. The molecule has 2 fully saturated rings. The van der Waals surface area contributed by atoms with Gasteiger partial charge in [-0.25, -0.2) is 0 Å². The van der Waals surface area contributed by atoms with Crippen LogP contribution in [0.1, 0.15) is 37.8 Å². The first-order valence-corrected chi connectivity index (χ1v) is 17.5. The van der Waals surface area contributed by atoms with Crippen molar-refractivity contribution >= 4 is 20.1 Å². The molecular formula is C32H40O5SSi. The molecule has 208 valence electrons. The predicted octanol–water partition coefficient (Wildman–Crippen LogP) is 6.37. The number of ether oxygens (including phenoxy) is 2. The van der Waals surface area contributed by atoms with Crippen molar-refractivity contribution in [2.45, 2.75) is 91.8 Å². The molecule has 3 aromatic carbocycles. The molecular weight excluding hydrogens is 525 g/mol. The summed E-state index contributed by atoms with van der Waals surface area (Å²) in [6, 6.07) is 29.7. The van der Waals surface area contributed by atoms with Gasteiger partial charge in [0.1, 0.15) is 29.3 Å². The molecule has 1 heterocycles. The third-order valence-corrected chi connectivity index (χ3v) is 14.2. The maximum atomic E-state index is 12.5. The van der Waals surface area contributed by atoms with E-state index in [0.29, 0.717) is 6.61 Å². The molecule has 7 atom stereocenters. The molecule has 1 aliphatic heterocycles. The lowest BCUT2D eigenvalue weighted by molar-refractivity contribution is -0.343. The zero-order valence-electron chi connectivity index (χ0n) is 23.4. The molecule has 1 saturated heterocycles. The molecule has 5 rings (SSSR count). The van der Waals surface area contributed by atoms with Gasteiger partial charge in [0.15, 0.2) is 8.32 Å². The molecule has 1 saturated carbocycles. The molecule has 2 unspecified atom stereocenters. The molecule has 39 heavy (non-hydrogen) atoms. The molecule has 0 spiro atoms. The molecule has 2 N–H and O–H groups in total. The third-order valence-electron chi connectivity index (χ3n) is 8.57. The normalized spacial score (nSPS) is 30.8. The van der Waals surface area contributed by atoms with Gasteiger partial charge in [-0.2, -0.15) is 0 Å². The van der Waals surface area contributed by atoms with Gasteiger partial charge < -0.3 is 24.1 Å². The Morgan fingerprint density at radius 1 is 0.897 bits per heavy atom. The molecule has 3 aromatic rings. The van der Waals surface area contributed by atoms with Crippen LogP contribution in [0.4, 0.5) is 0 Å². The molecule has 1 aliphatic carbocycles. The van der Waals surface area contributed by atoms with E-state index in [1.54, 1.807) is 11.8 Å². The first-order chi connectivity index (χ1) is 18.5. The summed E-state index contributed by atoms with van der Waals surface area (Å²) in [5.41, 5.74) is -0.0606. The Kier molecular flexibility index (Phi) is 8.15. The number of rotatable bonds is 8. The van der Waals surface area contributed by atoms with Gasteiger partial charge in [0, 0.05) is 10.8 Å². The molecule has 0 aromatic heterocycles. The topological polar surface area (TPSA) is 68.2 Å². The maximum absolute atomic E-state index is 12.5. The van der Waals surface area contributed by atoms with Crippen molar-refractivity contribution in [2.24, 2.45) is 0 Å². The van der Waals surface area contributed by atoms with Crippen LogP contribution in [-0.4, -0.2) is 54.0 Å². The lowest BCUT2D eigenvalue weighted by Gasteiger charge is -2.64. The molecule has 5 nitrogen and oxygen atoms in total. The van der Waals surface area contributed by atoms with Gasteiger partial charge in [-0.15, -0.1) is 0 Å². The van der Waals surface area contributed by atoms with Crippen molar-refractivity contribution in [1.29, 1.82) is 0 Å². The highest BCUT2D eigenvalue weighted by atomic mass is 32.2. The van der Waals surface area contributed by atoms with Gasteiger partial charge in [0.05, 0.1) is 12.7 Å². The minimum Gasteiger partial charge on any atom is -0.408 e. The largest absolute Gasteiger partial charge is 0.408 e. The van der Waals surface area contributed by atoms with Gasteiger partial charge in [0.2, 0.25) is 0 Å². The smallest absolute Gasteiger partial charge is 0.192 e. The lowest BCUT2D eigenvalue weighted by atomic mass is 9.57. The summed E-state index contributed by atoms with van der Waals surface area (Å²) in [5.74, 6) is -0.558. The van der Waals surface area contributed by atoms with Crippen LogP contribution in [0.3, 0.4) is 0 Å². The van der Waals surface area contributed by atoms with Crippen molar-refractivity contribution in [1.82, 2.24) is 0 Å². The summed E-state index contributed by atoms with van der Waals surface area (Å²) in [7, 11) is -2.33. The second kappa shape index (κ2) is 11.1. The average molecular weight is 565 g/mol. The Balaban J connectivity index is 1.57. The fourth-order valence-corrected chi connectivity index (χ4v) is 7.88. The summed E-state index contributed by atoms with van der Waals surface area (Å²) in [6.07, 6.45) is -2.95. The van der Waals surface area contributed by atoms with Crippen molar-refractivity contribution in [3.8, 4) is 0 Å². The van der Waals surface area contributed by atoms with Crippen LogP contribution in [-0.2, 0) is 20.5 Å². The van der Waals surface area contributed by atoms with E-state index in [1.807, 2.05) is 91.0 Å². The Hall–Kier alpha value is -1.97. The fourth-order valence-electron chi connectivity index (χ4n) is 5.41. The first kappa shape index (κ1) is 28.6. The van der Waals surface area contributed by atoms with E-state index in [2.05, 4.69) is 33.9 Å². The van der Waals surface area contributed by atoms with E-state index in [0.717, 1.165) is 16.0 Å². The van der Waals surface area contributed by atoms with Crippen molar-refractivity contribution < 1.29 is 24.1 Å². The molecule has 0 bridgehead atoms. The van der Waals surface area contributed by atoms with Crippen molar-refractivity contribution in [3.05, 3.63) is 102 Å². The Morgan fingerprint density at radius 2 is 1.46 bits per heavy atom. The Morgan fingerprint density at radius 3 is 2.05 bits per heavy atom. The summed E-state index contributed by atoms with van der Waals surface area (Å²) in [4.78, 5) is 1.03. The minimum atomic E-state index is -2.33. The Labute approximate surface area is 237 Å². The van der Waals surface area contributed by atoms with Gasteiger partial charge >= 0.3 is 0 Å². The van der Waals surface area contributed by atoms with Crippen LogP contribution in [0.15, 0.2) is 95.9 Å². The second-order valence-electron chi connectivity index (χ2n) is 12.2. The minimum absolute atomic E-state index is 0.0592. The Bertz CT molecular complexity index is 1220. The number of aliphatic hydroxyl groups is 2. The van der Waals surface area contributed by atoms with Gasteiger partial charge in [0.25, 0.3) is 0 Å². The van der Waals surface area contributed by atoms with Crippen LogP contribution in [0, 0.1) is 0 Å². The zero-order chi connectivity index (χ0) is 27.8. The van der Waals surface area contributed by atoms with Crippen LogP contribution in [0.25, 0.3) is 0 Å². The number of benzene rings is 3. The number of fused-ring (bicyclic) bond motifs is 1. The highest BCUT2D eigenvalue weighted by Gasteiger charge is 2.72. The van der Waals surface area contributed by atoms with Crippen molar-refractivity contribution in [3.63, 3.8) is 0 Å². The van der Waals surface area contributed by atoms with E-state index in [-0.39, 0.29) is 5.04 Å². The summed E-state index contributed by atoms with van der Waals surface area (Å²) in [5, 5.41) is 23.8. The second-order valence-corrected chi connectivity index (χ2v) is 18.1.